The van der Waals surface area contributed by atoms with Gasteiger partial charge in [0.1, 0.15) is 5.75 Å². The molecule has 11 heteroatoms. The summed E-state index contributed by atoms with van der Waals surface area (Å²) in [7, 11) is 0. The molecule has 0 radical (unpaired) electrons. The Labute approximate surface area is 230 Å². The van der Waals surface area contributed by atoms with Crippen LogP contribution in [0.1, 0.15) is 31.0 Å². The number of fused-ring (bicyclic) bond motifs is 2. The summed E-state index contributed by atoms with van der Waals surface area (Å²) in [5, 5.41) is 10.5. The minimum atomic E-state index is -0.758. The van der Waals surface area contributed by atoms with Crippen LogP contribution in [0.2, 0.25) is 0 Å². The van der Waals surface area contributed by atoms with E-state index in [0.29, 0.717) is 41.2 Å². The average molecular weight is 716 g/mol. The van der Waals surface area contributed by atoms with Gasteiger partial charge >= 0.3 is 5.97 Å². The van der Waals surface area contributed by atoms with Gasteiger partial charge in [0.15, 0.2) is 16.3 Å². The van der Waals surface area contributed by atoms with E-state index in [4.69, 9.17) is 14.2 Å². The topological polar surface area (TPSA) is 99.4 Å². The molecule has 0 unspecified atom stereocenters. The summed E-state index contributed by atoms with van der Waals surface area (Å²) < 4.78 is 19.8. The average Bonchev–Trinajstić information content (AvgIpc) is 3.40. The van der Waals surface area contributed by atoms with Crippen molar-refractivity contribution in [3.8, 4) is 17.2 Å². The zero-order valence-corrected chi connectivity index (χ0v) is 23.6. The number of carbonyl (C=O) groups is 1. The quantitative estimate of drug-likeness (QED) is 0.329. The van der Waals surface area contributed by atoms with Crippen molar-refractivity contribution in [1.29, 1.82) is 0 Å². The van der Waals surface area contributed by atoms with Crippen molar-refractivity contribution in [2.45, 2.75) is 19.9 Å². The monoisotopic (exact) mass is 716 g/mol. The number of hydrogen-bond acceptors (Lipinski definition) is 8. The first-order chi connectivity index (χ1) is 16.8. The first-order valence-corrected chi connectivity index (χ1v) is 13.5. The Morgan fingerprint density at radius 1 is 1.29 bits per heavy atom. The van der Waals surface area contributed by atoms with Gasteiger partial charge in [0.25, 0.3) is 5.56 Å². The number of phenolic OH excluding ortho intramolecular Hbond substituents is 1. The standard InChI is InChI=1S/C24H18I2N2O6S/c1-3-32-23(31)19-11(2)27-24-28(20(19)12-4-5-16-17(7-12)34-10-33-16)22(30)18(35-24)8-13-6-14(25)9-15(26)21(13)29/h4-9,20,29H,3,10H2,1-2H3/b18-8-/t20-/m0/s1. The highest BCUT2D eigenvalue weighted by Crippen LogP contribution is 2.38. The van der Waals surface area contributed by atoms with E-state index in [2.05, 4.69) is 50.2 Å². The molecule has 0 bridgehead atoms. The summed E-state index contributed by atoms with van der Waals surface area (Å²) in [6.07, 6.45) is 1.66. The molecule has 0 fully saturated rings. The number of thiazole rings is 1. The number of allylic oxidation sites excluding steroid dienone is 1. The lowest BCUT2D eigenvalue weighted by molar-refractivity contribution is -0.139. The van der Waals surface area contributed by atoms with Crippen molar-refractivity contribution in [3.63, 3.8) is 0 Å². The molecule has 2 aromatic carbocycles. The molecular formula is C24H18I2N2O6S. The van der Waals surface area contributed by atoms with Crippen molar-refractivity contribution >= 4 is 68.6 Å². The third-order valence-corrected chi connectivity index (χ3v) is 8.00. The van der Waals surface area contributed by atoms with Crippen LogP contribution < -0.4 is 24.4 Å². The largest absolute Gasteiger partial charge is 0.506 e. The van der Waals surface area contributed by atoms with Gasteiger partial charge in [-0.15, -0.1) is 0 Å². The normalized spacial score (nSPS) is 16.8. The maximum Gasteiger partial charge on any atom is 0.338 e. The Kier molecular flexibility index (Phi) is 6.65. The number of rotatable bonds is 4. The second-order valence-electron chi connectivity index (χ2n) is 7.74. The van der Waals surface area contributed by atoms with Crippen molar-refractivity contribution in [3.05, 3.63) is 79.6 Å². The van der Waals surface area contributed by atoms with Crippen molar-refractivity contribution in [2.75, 3.05) is 13.4 Å². The van der Waals surface area contributed by atoms with Crippen LogP contribution in [-0.2, 0) is 9.53 Å². The smallest absolute Gasteiger partial charge is 0.338 e. The number of nitrogens with zero attached hydrogens (tertiary/aromatic N) is 2. The van der Waals surface area contributed by atoms with Crippen LogP contribution in [0.3, 0.4) is 0 Å². The molecule has 8 nitrogen and oxygen atoms in total. The van der Waals surface area contributed by atoms with E-state index in [0.717, 1.165) is 3.57 Å². The van der Waals surface area contributed by atoms with Crippen LogP contribution in [0.15, 0.2) is 51.4 Å². The molecule has 5 rings (SSSR count). The lowest BCUT2D eigenvalue weighted by Crippen LogP contribution is -2.39. The van der Waals surface area contributed by atoms with Crippen LogP contribution in [0.5, 0.6) is 17.2 Å². The highest BCUT2D eigenvalue weighted by molar-refractivity contribution is 14.1. The van der Waals surface area contributed by atoms with Crippen molar-refractivity contribution < 1.29 is 24.1 Å². The Bertz CT molecular complexity index is 1590. The molecule has 0 aliphatic carbocycles. The zero-order valence-electron chi connectivity index (χ0n) is 18.5. The van der Waals surface area contributed by atoms with E-state index in [1.54, 1.807) is 44.2 Å². The summed E-state index contributed by atoms with van der Waals surface area (Å²) in [5.74, 6) is 0.715. The second kappa shape index (κ2) is 9.58. The van der Waals surface area contributed by atoms with Crippen molar-refractivity contribution in [1.82, 2.24) is 4.57 Å². The maximum absolute atomic E-state index is 13.7. The van der Waals surface area contributed by atoms with E-state index in [-0.39, 0.29) is 30.3 Å². The molecule has 1 N–H and O–H groups in total. The molecule has 2 aliphatic rings. The molecule has 3 aromatic rings. The number of ether oxygens (including phenoxy) is 3. The number of hydrogen-bond donors (Lipinski definition) is 1. The van der Waals surface area contributed by atoms with Gasteiger partial charge in [0.2, 0.25) is 6.79 Å². The lowest BCUT2D eigenvalue weighted by Gasteiger charge is -2.24. The number of esters is 1. The van der Waals surface area contributed by atoms with Crippen molar-refractivity contribution in [2.24, 2.45) is 4.99 Å². The van der Waals surface area contributed by atoms with Gasteiger partial charge in [-0.2, -0.15) is 0 Å². The number of phenols is 1. The minimum absolute atomic E-state index is 0.104. The first kappa shape index (κ1) is 24.3. The number of benzene rings is 2. The molecule has 0 saturated heterocycles. The predicted molar refractivity (Wildman–Crippen MR) is 147 cm³/mol. The third kappa shape index (κ3) is 4.37. The lowest BCUT2D eigenvalue weighted by atomic mass is 9.95. The van der Waals surface area contributed by atoms with E-state index in [1.165, 1.54) is 15.9 Å². The molecule has 1 atom stereocenters. The SMILES string of the molecule is CCOC(=O)C1=C(C)N=c2s/c(=C\c3cc(I)cc(I)c3O)c(=O)n2[C@H]1c1ccc2c(c1)OCO2. The highest BCUT2D eigenvalue weighted by Gasteiger charge is 2.34. The van der Waals surface area contributed by atoms with Crippen LogP contribution in [0.25, 0.3) is 6.08 Å². The van der Waals surface area contributed by atoms with E-state index >= 15 is 0 Å². The number of halogens is 2. The fraction of sp³-hybridized carbons (Fsp3) is 0.208. The molecule has 0 saturated carbocycles. The Morgan fingerprint density at radius 2 is 2.06 bits per heavy atom. The molecular weight excluding hydrogens is 698 g/mol. The number of aromatic nitrogens is 1. The fourth-order valence-electron chi connectivity index (χ4n) is 4.03. The third-order valence-electron chi connectivity index (χ3n) is 5.57. The second-order valence-corrected chi connectivity index (χ2v) is 11.2. The Morgan fingerprint density at radius 3 is 2.83 bits per heavy atom. The van der Waals surface area contributed by atoms with Gasteiger partial charge in [-0.25, -0.2) is 9.79 Å². The van der Waals surface area contributed by atoms with E-state index in [1.807, 2.05) is 6.07 Å². The molecule has 0 spiro atoms. The number of aromatic hydroxyl groups is 1. The Hall–Kier alpha value is -2.39. The Balaban J connectivity index is 1.75. The molecule has 180 valence electrons. The van der Waals surface area contributed by atoms with Gasteiger partial charge in [0.05, 0.1) is 32.0 Å². The molecule has 35 heavy (non-hydrogen) atoms. The van der Waals surface area contributed by atoms with E-state index < -0.39 is 12.0 Å². The van der Waals surface area contributed by atoms with Gasteiger partial charge in [0, 0.05) is 9.13 Å². The summed E-state index contributed by atoms with van der Waals surface area (Å²) in [5.41, 5.74) is 1.65. The van der Waals surface area contributed by atoms with Crippen LogP contribution >= 0.6 is 56.5 Å². The first-order valence-electron chi connectivity index (χ1n) is 10.6. The van der Waals surface area contributed by atoms with Gasteiger partial charge in [-0.05, 0) is 94.9 Å². The summed E-state index contributed by atoms with van der Waals surface area (Å²) in [6.45, 7) is 3.77. The van der Waals surface area contributed by atoms with Crippen LogP contribution in [-0.4, -0.2) is 29.0 Å². The molecule has 3 heterocycles. The van der Waals surface area contributed by atoms with Crippen LogP contribution in [0, 0.1) is 7.14 Å². The summed E-state index contributed by atoms with van der Waals surface area (Å²) >= 11 is 5.42. The predicted octanol–water partition coefficient (Wildman–Crippen LogP) is 3.44. The summed E-state index contributed by atoms with van der Waals surface area (Å²) in [6, 6.07) is 8.24. The minimum Gasteiger partial charge on any atom is -0.506 e. The molecule has 0 amide bonds. The number of carbonyl (C=O) groups excluding carboxylic acids is 1. The maximum atomic E-state index is 13.7. The zero-order chi connectivity index (χ0) is 24.9. The van der Waals surface area contributed by atoms with Crippen LogP contribution in [0.4, 0.5) is 0 Å². The fourth-order valence-corrected chi connectivity index (χ4v) is 6.95. The molecule has 1 aromatic heterocycles. The van der Waals surface area contributed by atoms with Gasteiger partial charge < -0.3 is 19.3 Å². The van der Waals surface area contributed by atoms with Gasteiger partial charge in [-0.1, -0.05) is 17.4 Å². The molecule has 2 aliphatic heterocycles. The summed E-state index contributed by atoms with van der Waals surface area (Å²) in [4.78, 5) is 31.8. The highest BCUT2D eigenvalue weighted by atomic mass is 127. The van der Waals surface area contributed by atoms with E-state index in [9.17, 15) is 14.7 Å². The van der Waals surface area contributed by atoms with Gasteiger partial charge in [-0.3, -0.25) is 9.36 Å².